The fourth-order valence-corrected chi connectivity index (χ4v) is 2.25. The number of carbonyl (C=O) groups excluding carboxylic acids is 2. The third-order valence-electron chi connectivity index (χ3n) is 3.44. The van der Waals surface area contributed by atoms with Crippen molar-refractivity contribution in [2.24, 2.45) is 0 Å². The van der Waals surface area contributed by atoms with Crippen LogP contribution < -0.4 is 15.4 Å². The minimum Gasteiger partial charge on any atom is -0.457 e. The number of carbonyl (C=O) groups is 2. The molecule has 0 aliphatic rings. The van der Waals surface area contributed by atoms with E-state index in [9.17, 15) is 9.59 Å². The molecule has 0 bridgehead atoms. The Morgan fingerprint density at radius 3 is 2.24 bits per heavy atom. The van der Waals surface area contributed by atoms with Crippen molar-refractivity contribution in [3.8, 4) is 11.5 Å². The van der Waals surface area contributed by atoms with Crippen LogP contribution in [-0.2, 0) is 4.79 Å². The maximum absolute atomic E-state index is 12.3. The van der Waals surface area contributed by atoms with Gasteiger partial charge in [-0.05, 0) is 54.6 Å². The van der Waals surface area contributed by atoms with Gasteiger partial charge in [-0.2, -0.15) is 0 Å². The van der Waals surface area contributed by atoms with Crippen molar-refractivity contribution in [3.63, 3.8) is 0 Å². The second kappa shape index (κ2) is 7.79. The van der Waals surface area contributed by atoms with Crippen molar-refractivity contribution in [1.82, 2.24) is 0 Å². The van der Waals surface area contributed by atoms with Gasteiger partial charge in [0.05, 0.1) is 0 Å². The van der Waals surface area contributed by atoms with Gasteiger partial charge in [-0.1, -0.05) is 24.3 Å². The maximum Gasteiger partial charge on any atom is 0.255 e. The molecule has 0 unspecified atom stereocenters. The predicted molar refractivity (Wildman–Crippen MR) is 97.0 cm³/mol. The number of nitrogens with one attached hydrogen (secondary N) is 2. The first kappa shape index (κ1) is 16.3. The normalized spacial score (nSPS) is 9.92. The van der Waals surface area contributed by atoms with E-state index in [1.54, 1.807) is 48.5 Å². The van der Waals surface area contributed by atoms with Crippen molar-refractivity contribution in [2.45, 2.75) is 0 Å². The molecule has 25 heavy (non-hydrogen) atoms. The number of rotatable bonds is 6. The molecule has 0 aromatic heterocycles. The molecular weight excluding hydrogens is 316 g/mol. The zero-order valence-corrected chi connectivity index (χ0v) is 13.3. The van der Waals surface area contributed by atoms with Crippen LogP contribution in [0.3, 0.4) is 0 Å². The summed E-state index contributed by atoms with van der Waals surface area (Å²) in [6, 6.07) is 23.3. The summed E-state index contributed by atoms with van der Waals surface area (Å²) in [5.41, 5.74) is 1.67. The fraction of sp³-hybridized carbons (Fsp3) is 0. The van der Waals surface area contributed by atoms with Crippen LogP contribution in [0.4, 0.5) is 11.4 Å². The standard InChI is InChI=1S/C20H16N2O3/c23-14-21-17-6-4-5-15(13-17)20(24)22-16-9-11-19(12-10-16)25-18-7-2-1-3-8-18/h1-14H,(H,21,23)(H,22,24). The van der Waals surface area contributed by atoms with Gasteiger partial charge in [0.2, 0.25) is 6.41 Å². The lowest BCUT2D eigenvalue weighted by Gasteiger charge is -2.09. The van der Waals surface area contributed by atoms with Crippen molar-refractivity contribution in [3.05, 3.63) is 84.4 Å². The predicted octanol–water partition coefficient (Wildman–Crippen LogP) is 4.30. The van der Waals surface area contributed by atoms with Gasteiger partial charge in [0.25, 0.3) is 5.91 Å². The Balaban J connectivity index is 1.65. The number of anilines is 2. The van der Waals surface area contributed by atoms with Crippen molar-refractivity contribution in [1.29, 1.82) is 0 Å². The van der Waals surface area contributed by atoms with Crippen LogP contribution in [0.15, 0.2) is 78.9 Å². The highest BCUT2D eigenvalue weighted by molar-refractivity contribution is 6.05. The van der Waals surface area contributed by atoms with Crippen LogP contribution in [0.1, 0.15) is 10.4 Å². The molecule has 0 aliphatic carbocycles. The maximum atomic E-state index is 12.3. The molecule has 0 heterocycles. The first-order chi connectivity index (χ1) is 12.2. The summed E-state index contributed by atoms with van der Waals surface area (Å²) in [5, 5.41) is 5.33. The zero-order chi connectivity index (χ0) is 17.5. The molecule has 0 atom stereocenters. The van der Waals surface area contributed by atoms with E-state index in [2.05, 4.69) is 10.6 Å². The van der Waals surface area contributed by atoms with E-state index in [4.69, 9.17) is 4.74 Å². The Morgan fingerprint density at radius 2 is 1.52 bits per heavy atom. The Labute approximate surface area is 145 Å². The lowest BCUT2D eigenvalue weighted by atomic mass is 10.2. The summed E-state index contributed by atoms with van der Waals surface area (Å²) in [6.45, 7) is 0. The lowest BCUT2D eigenvalue weighted by Crippen LogP contribution is -2.12. The van der Waals surface area contributed by atoms with Crippen molar-refractivity contribution >= 4 is 23.7 Å². The topological polar surface area (TPSA) is 67.4 Å². The van der Waals surface area contributed by atoms with Gasteiger partial charge < -0.3 is 15.4 Å². The molecule has 0 aliphatic heterocycles. The van der Waals surface area contributed by atoms with E-state index in [0.29, 0.717) is 29.1 Å². The second-order valence-electron chi connectivity index (χ2n) is 5.24. The summed E-state index contributed by atoms with van der Waals surface area (Å²) in [4.78, 5) is 22.8. The highest BCUT2D eigenvalue weighted by atomic mass is 16.5. The number of ether oxygens (including phenoxy) is 1. The number of amides is 2. The third-order valence-corrected chi connectivity index (χ3v) is 3.44. The molecule has 0 spiro atoms. The van der Waals surface area contributed by atoms with E-state index in [1.165, 1.54) is 0 Å². The number of hydrogen-bond donors (Lipinski definition) is 2. The lowest BCUT2D eigenvalue weighted by molar-refractivity contribution is -0.105. The monoisotopic (exact) mass is 332 g/mol. The molecular formula is C20H16N2O3. The summed E-state index contributed by atoms with van der Waals surface area (Å²) < 4.78 is 5.71. The molecule has 2 amide bonds. The van der Waals surface area contributed by atoms with E-state index in [0.717, 1.165) is 5.75 Å². The molecule has 5 nitrogen and oxygen atoms in total. The quantitative estimate of drug-likeness (QED) is 0.661. The molecule has 5 heteroatoms. The second-order valence-corrected chi connectivity index (χ2v) is 5.24. The first-order valence-electron chi connectivity index (χ1n) is 7.69. The van der Waals surface area contributed by atoms with E-state index in [1.807, 2.05) is 30.3 Å². The fourth-order valence-electron chi connectivity index (χ4n) is 2.25. The number of hydrogen-bond acceptors (Lipinski definition) is 3. The van der Waals surface area contributed by atoms with Crippen LogP contribution >= 0.6 is 0 Å². The molecule has 0 saturated heterocycles. The Hall–Kier alpha value is -3.60. The van der Waals surface area contributed by atoms with Gasteiger partial charge >= 0.3 is 0 Å². The Kier molecular flexibility index (Phi) is 5.07. The van der Waals surface area contributed by atoms with Crippen LogP contribution in [-0.4, -0.2) is 12.3 Å². The summed E-state index contributed by atoms with van der Waals surface area (Å²) in [7, 11) is 0. The first-order valence-corrected chi connectivity index (χ1v) is 7.69. The Morgan fingerprint density at radius 1 is 0.800 bits per heavy atom. The molecule has 2 N–H and O–H groups in total. The highest BCUT2D eigenvalue weighted by Crippen LogP contribution is 2.23. The number of benzene rings is 3. The summed E-state index contributed by atoms with van der Waals surface area (Å²) in [6.07, 6.45) is 0.572. The van der Waals surface area contributed by atoms with Crippen LogP contribution in [0, 0.1) is 0 Å². The highest BCUT2D eigenvalue weighted by Gasteiger charge is 2.07. The SMILES string of the molecule is O=CNc1cccc(C(=O)Nc2ccc(Oc3ccccc3)cc2)c1. The van der Waals surface area contributed by atoms with Crippen molar-refractivity contribution < 1.29 is 14.3 Å². The zero-order valence-electron chi connectivity index (χ0n) is 13.3. The summed E-state index contributed by atoms with van der Waals surface area (Å²) >= 11 is 0. The average Bonchev–Trinajstić information content (AvgIpc) is 2.65. The molecule has 0 saturated carbocycles. The van der Waals surface area contributed by atoms with E-state index in [-0.39, 0.29) is 5.91 Å². The van der Waals surface area contributed by atoms with Gasteiger partial charge in [-0.25, -0.2) is 0 Å². The van der Waals surface area contributed by atoms with Crippen LogP contribution in [0.25, 0.3) is 0 Å². The third kappa shape index (κ3) is 4.45. The summed E-state index contributed by atoms with van der Waals surface area (Å²) in [5.74, 6) is 1.17. The average molecular weight is 332 g/mol. The molecule has 124 valence electrons. The van der Waals surface area contributed by atoms with Gasteiger partial charge in [-0.3, -0.25) is 9.59 Å². The smallest absolute Gasteiger partial charge is 0.255 e. The molecule has 3 aromatic carbocycles. The van der Waals surface area contributed by atoms with Crippen LogP contribution in [0.5, 0.6) is 11.5 Å². The van der Waals surface area contributed by atoms with Gasteiger partial charge in [0.15, 0.2) is 0 Å². The van der Waals surface area contributed by atoms with E-state index >= 15 is 0 Å². The van der Waals surface area contributed by atoms with Gasteiger partial charge in [0.1, 0.15) is 11.5 Å². The number of para-hydroxylation sites is 1. The largest absolute Gasteiger partial charge is 0.457 e. The minimum absolute atomic E-state index is 0.258. The molecule has 0 radical (unpaired) electrons. The molecule has 0 fully saturated rings. The van der Waals surface area contributed by atoms with E-state index < -0.39 is 0 Å². The minimum atomic E-state index is -0.258. The van der Waals surface area contributed by atoms with Gasteiger partial charge in [-0.15, -0.1) is 0 Å². The van der Waals surface area contributed by atoms with Gasteiger partial charge in [0, 0.05) is 16.9 Å². The van der Waals surface area contributed by atoms with Crippen LogP contribution in [0.2, 0.25) is 0 Å². The molecule has 3 aromatic rings. The Bertz CT molecular complexity index is 862. The van der Waals surface area contributed by atoms with Crippen molar-refractivity contribution in [2.75, 3.05) is 10.6 Å². The molecule has 3 rings (SSSR count).